The molecule has 0 amide bonds. The SMILES string of the molecule is O=S(=O)(NC1CN(CCOc2cccc3c2OCCO3)C1)c1cccc(Cl)c1. The predicted octanol–water partition coefficient (Wildman–Crippen LogP) is 2.15. The van der Waals surface area contributed by atoms with Gasteiger partial charge in [0.2, 0.25) is 15.8 Å². The number of halogens is 1. The lowest BCUT2D eigenvalue weighted by molar-refractivity contribution is 0.112. The number of hydrogen-bond donors (Lipinski definition) is 1. The minimum Gasteiger partial charge on any atom is -0.488 e. The Labute approximate surface area is 169 Å². The summed E-state index contributed by atoms with van der Waals surface area (Å²) in [6, 6.07) is 11.7. The van der Waals surface area contributed by atoms with E-state index < -0.39 is 10.0 Å². The van der Waals surface area contributed by atoms with Gasteiger partial charge in [-0.25, -0.2) is 13.1 Å². The standard InChI is InChI=1S/C19H21ClN2O5S/c20-14-3-1-4-16(11-14)28(23,24)21-15-12-22(13-15)7-8-25-17-5-2-6-18-19(17)27-10-9-26-18/h1-6,11,15,21H,7-10,12-13H2. The van der Waals surface area contributed by atoms with Crippen LogP contribution >= 0.6 is 11.6 Å². The summed E-state index contributed by atoms with van der Waals surface area (Å²) in [6.07, 6.45) is 0. The van der Waals surface area contributed by atoms with Gasteiger partial charge in [0.05, 0.1) is 4.90 Å². The summed E-state index contributed by atoms with van der Waals surface area (Å²) in [4.78, 5) is 2.30. The minimum absolute atomic E-state index is 0.120. The van der Waals surface area contributed by atoms with Gasteiger partial charge in [0.15, 0.2) is 11.5 Å². The van der Waals surface area contributed by atoms with Crippen molar-refractivity contribution >= 4 is 21.6 Å². The van der Waals surface area contributed by atoms with Crippen LogP contribution in [0.15, 0.2) is 47.4 Å². The molecule has 1 saturated heterocycles. The summed E-state index contributed by atoms with van der Waals surface area (Å²) in [5.74, 6) is 2.00. The van der Waals surface area contributed by atoms with Gasteiger partial charge >= 0.3 is 0 Å². The predicted molar refractivity (Wildman–Crippen MR) is 105 cm³/mol. The first-order valence-corrected chi connectivity index (χ1v) is 10.9. The van der Waals surface area contributed by atoms with Crippen LogP contribution < -0.4 is 18.9 Å². The van der Waals surface area contributed by atoms with Crippen molar-refractivity contribution < 1.29 is 22.6 Å². The van der Waals surface area contributed by atoms with Crippen LogP contribution in [0.3, 0.4) is 0 Å². The molecular weight excluding hydrogens is 404 g/mol. The average molecular weight is 425 g/mol. The van der Waals surface area contributed by atoms with Gasteiger partial charge in [-0.15, -0.1) is 0 Å². The first kappa shape index (κ1) is 19.3. The van der Waals surface area contributed by atoms with Crippen molar-refractivity contribution in [3.05, 3.63) is 47.5 Å². The lowest BCUT2D eigenvalue weighted by Crippen LogP contribution is -2.59. The molecule has 2 aromatic carbocycles. The Morgan fingerprint density at radius 2 is 1.93 bits per heavy atom. The Morgan fingerprint density at radius 1 is 1.14 bits per heavy atom. The Hall–Kier alpha value is -2.00. The molecule has 150 valence electrons. The molecule has 0 aromatic heterocycles. The second-order valence-corrected chi connectivity index (χ2v) is 8.81. The van der Waals surface area contributed by atoms with Gasteiger partial charge in [-0.05, 0) is 30.3 Å². The van der Waals surface area contributed by atoms with Crippen LogP contribution in [0, 0.1) is 0 Å². The monoisotopic (exact) mass is 424 g/mol. The fraction of sp³-hybridized carbons (Fsp3) is 0.368. The molecule has 2 aromatic rings. The van der Waals surface area contributed by atoms with Crippen molar-refractivity contribution in [3.63, 3.8) is 0 Å². The Kier molecular flexibility index (Phi) is 5.63. The molecule has 2 aliphatic heterocycles. The number of fused-ring (bicyclic) bond motifs is 1. The zero-order valence-corrected chi connectivity index (χ0v) is 16.7. The van der Waals surface area contributed by atoms with Crippen LogP contribution in [0.1, 0.15) is 0 Å². The van der Waals surface area contributed by atoms with Gasteiger partial charge in [0.25, 0.3) is 0 Å². The summed E-state index contributed by atoms with van der Waals surface area (Å²) in [5.41, 5.74) is 0. The van der Waals surface area contributed by atoms with Crippen molar-refractivity contribution in [1.82, 2.24) is 9.62 Å². The lowest BCUT2D eigenvalue weighted by Gasteiger charge is -2.39. The fourth-order valence-electron chi connectivity index (χ4n) is 3.19. The molecule has 0 atom stereocenters. The second-order valence-electron chi connectivity index (χ2n) is 6.66. The maximum atomic E-state index is 12.4. The van der Waals surface area contributed by atoms with Crippen molar-refractivity contribution in [3.8, 4) is 17.2 Å². The van der Waals surface area contributed by atoms with E-state index in [-0.39, 0.29) is 10.9 Å². The smallest absolute Gasteiger partial charge is 0.240 e. The van der Waals surface area contributed by atoms with Crippen LogP contribution in [-0.2, 0) is 10.0 Å². The third kappa shape index (κ3) is 4.35. The van der Waals surface area contributed by atoms with E-state index in [4.69, 9.17) is 25.8 Å². The van der Waals surface area contributed by atoms with Crippen LogP contribution in [0.2, 0.25) is 5.02 Å². The van der Waals surface area contributed by atoms with Gasteiger partial charge < -0.3 is 14.2 Å². The van der Waals surface area contributed by atoms with E-state index in [0.717, 1.165) is 0 Å². The highest BCUT2D eigenvalue weighted by molar-refractivity contribution is 7.89. The van der Waals surface area contributed by atoms with Gasteiger partial charge in [-0.2, -0.15) is 0 Å². The molecule has 0 spiro atoms. The molecule has 0 saturated carbocycles. The van der Waals surface area contributed by atoms with Gasteiger partial charge in [0, 0.05) is 30.7 Å². The lowest BCUT2D eigenvalue weighted by atomic mass is 10.1. The molecule has 0 radical (unpaired) electrons. The molecule has 1 fully saturated rings. The van der Waals surface area contributed by atoms with E-state index >= 15 is 0 Å². The summed E-state index contributed by atoms with van der Waals surface area (Å²) in [7, 11) is -3.56. The summed E-state index contributed by atoms with van der Waals surface area (Å²) in [6.45, 7) is 3.49. The molecule has 0 unspecified atom stereocenters. The Morgan fingerprint density at radius 3 is 2.75 bits per heavy atom. The second kappa shape index (κ2) is 8.16. The zero-order valence-electron chi connectivity index (χ0n) is 15.1. The minimum atomic E-state index is -3.56. The number of rotatable bonds is 7. The van der Waals surface area contributed by atoms with Gasteiger partial charge in [-0.1, -0.05) is 23.7 Å². The molecule has 2 aliphatic rings. The van der Waals surface area contributed by atoms with Crippen molar-refractivity contribution in [1.29, 1.82) is 0 Å². The fourth-order valence-corrected chi connectivity index (χ4v) is 4.71. The van der Waals surface area contributed by atoms with E-state index in [1.165, 1.54) is 12.1 Å². The molecule has 4 rings (SSSR count). The topological polar surface area (TPSA) is 77.1 Å². The quantitative estimate of drug-likeness (QED) is 0.734. The Bertz CT molecular complexity index is 947. The third-order valence-corrected chi connectivity index (χ3v) is 6.33. The number of nitrogens with zero attached hydrogens (tertiary/aromatic N) is 1. The van der Waals surface area contributed by atoms with Crippen LogP contribution in [0.5, 0.6) is 17.2 Å². The normalized spacial score (nSPS) is 17.2. The summed E-state index contributed by atoms with van der Waals surface area (Å²) in [5, 5.41) is 0.396. The molecule has 9 heteroatoms. The number of nitrogens with one attached hydrogen (secondary N) is 1. The van der Waals surface area contributed by atoms with Gasteiger partial charge in [-0.3, -0.25) is 4.90 Å². The average Bonchev–Trinajstić information content (AvgIpc) is 2.66. The van der Waals surface area contributed by atoms with Crippen molar-refractivity contribution in [2.24, 2.45) is 0 Å². The summed E-state index contributed by atoms with van der Waals surface area (Å²) >= 11 is 5.88. The van der Waals surface area contributed by atoms with Crippen LogP contribution in [0.25, 0.3) is 0 Å². The highest BCUT2D eigenvalue weighted by Gasteiger charge is 2.30. The molecule has 7 nitrogen and oxygen atoms in total. The molecular formula is C19H21ClN2O5S. The first-order valence-electron chi connectivity index (χ1n) is 9.03. The Balaban J connectivity index is 1.23. The number of likely N-dealkylation sites (tertiary alicyclic amines) is 1. The maximum absolute atomic E-state index is 12.4. The highest BCUT2D eigenvalue weighted by atomic mass is 35.5. The van der Waals surface area contributed by atoms with E-state index in [2.05, 4.69) is 9.62 Å². The third-order valence-electron chi connectivity index (χ3n) is 4.58. The number of hydrogen-bond acceptors (Lipinski definition) is 6. The van der Waals surface area contributed by atoms with Crippen LogP contribution in [0.4, 0.5) is 0 Å². The zero-order chi connectivity index (χ0) is 19.6. The van der Waals surface area contributed by atoms with Gasteiger partial charge in [0.1, 0.15) is 19.8 Å². The molecule has 2 heterocycles. The van der Waals surface area contributed by atoms with Crippen molar-refractivity contribution in [2.45, 2.75) is 10.9 Å². The highest BCUT2D eigenvalue weighted by Crippen LogP contribution is 2.38. The summed E-state index contributed by atoms with van der Waals surface area (Å²) < 4.78 is 44.5. The molecule has 0 aliphatic carbocycles. The largest absolute Gasteiger partial charge is 0.488 e. The van der Waals surface area contributed by atoms with Crippen LogP contribution in [-0.4, -0.2) is 58.8 Å². The number of benzene rings is 2. The number of para-hydroxylation sites is 1. The van der Waals surface area contributed by atoms with Crippen molar-refractivity contribution in [2.75, 3.05) is 39.5 Å². The molecule has 0 bridgehead atoms. The maximum Gasteiger partial charge on any atom is 0.240 e. The van der Waals surface area contributed by atoms with E-state index in [9.17, 15) is 8.42 Å². The van der Waals surface area contributed by atoms with E-state index in [0.29, 0.717) is 61.7 Å². The first-order chi connectivity index (χ1) is 13.5. The number of ether oxygens (including phenoxy) is 3. The number of sulfonamides is 1. The van der Waals surface area contributed by atoms with E-state index in [1.807, 2.05) is 18.2 Å². The molecule has 28 heavy (non-hydrogen) atoms. The molecule has 1 N–H and O–H groups in total. The van der Waals surface area contributed by atoms with E-state index in [1.54, 1.807) is 12.1 Å².